The molecule has 0 spiro atoms. The molecule has 1 amide bonds. The topological polar surface area (TPSA) is 41.6 Å². The number of carbonyl (C=O) groups is 1. The molecule has 0 saturated carbocycles. The number of hydrogen-bond acceptors (Lipinski definition) is 3. The summed E-state index contributed by atoms with van der Waals surface area (Å²) in [4.78, 5) is 13.9. The first-order chi connectivity index (χ1) is 8.65. The Morgan fingerprint density at radius 2 is 2.44 bits per heavy atom. The first-order valence-corrected chi connectivity index (χ1v) is 5.99. The van der Waals surface area contributed by atoms with Crippen LogP contribution in [0.2, 0.25) is 0 Å². The Labute approximate surface area is 106 Å². The second kappa shape index (κ2) is 5.93. The molecule has 0 aliphatic carbocycles. The van der Waals surface area contributed by atoms with Crippen LogP contribution >= 0.6 is 0 Å². The van der Waals surface area contributed by atoms with Crippen LogP contribution in [0, 0.1) is 5.82 Å². The Balaban J connectivity index is 1.84. The van der Waals surface area contributed by atoms with Gasteiger partial charge in [-0.1, -0.05) is 6.07 Å². The van der Waals surface area contributed by atoms with Gasteiger partial charge in [0, 0.05) is 25.2 Å². The largest absolute Gasteiger partial charge is 0.374 e. The number of likely N-dealkylation sites (N-methyl/N-ethyl adjacent to an activating group) is 1. The molecular formula is C13H17FN2O2. The van der Waals surface area contributed by atoms with Crippen molar-refractivity contribution in [2.75, 3.05) is 33.3 Å². The normalized spacial score (nSPS) is 20.7. The van der Waals surface area contributed by atoms with Crippen LogP contribution in [-0.4, -0.2) is 50.2 Å². The van der Waals surface area contributed by atoms with Crippen molar-refractivity contribution >= 4 is 5.91 Å². The Morgan fingerprint density at radius 3 is 3.17 bits per heavy atom. The van der Waals surface area contributed by atoms with E-state index in [1.165, 1.54) is 18.2 Å². The Kier molecular flexibility index (Phi) is 4.28. The number of amides is 1. The lowest BCUT2D eigenvalue weighted by molar-refractivity contribution is -0.0175. The smallest absolute Gasteiger partial charge is 0.251 e. The van der Waals surface area contributed by atoms with Crippen LogP contribution in [0.4, 0.5) is 4.39 Å². The molecule has 1 fully saturated rings. The number of benzene rings is 1. The van der Waals surface area contributed by atoms with E-state index in [9.17, 15) is 9.18 Å². The molecule has 1 unspecified atom stereocenters. The Morgan fingerprint density at radius 1 is 1.61 bits per heavy atom. The van der Waals surface area contributed by atoms with Gasteiger partial charge in [-0.2, -0.15) is 0 Å². The van der Waals surface area contributed by atoms with Crippen LogP contribution in [-0.2, 0) is 4.74 Å². The Hall–Kier alpha value is -1.46. The van der Waals surface area contributed by atoms with Crippen molar-refractivity contribution in [3.05, 3.63) is 35.6 Å². The lowest BCUT2D eigenvalue weighted by Crippen LogP contribution is -2.45. The minimum atomic E-state index is -0.406. The zero-order chi connectivity index (χ0) is 13.0. The van der Waals surface area contributed by atoms with Gasteiger partial charge in [0.1, 0.15) is 5.82 Å². The third-order valence-corrected chi connectivity index (χ3v) is 2.92. The summed E-state index contributed by atoms with van der Waals surface area (Å²) in [5, 5.41) is 2.76. The molecule has 18 heavy (non-hydrogen) atoms. The van der Waals surface area contributed by atoms with Crippen LogP contribution in [0.25, 0.3) is 0 Å². The summed E-state index contributed by atoms with van der Waals surface area (Å²) in [7, 11) is 2.02. The molecule has 98 valence electrons. The number of carbonyl (C=O) groups excluding carboxylic acids is 1. The zero-order valence-electron chi connectivity index (χ0n) is 10.4. The van der Waals surface area contributed by atoms with Crippen molar-refractivity contribution in [3.63, 3.8) is 0 Å². The molecular weight excluding hydrogens is 235 g/mol. The summed E-state index contributed by atoms with van der Waals surface area (Å²) in [5.41, 5.74) is 0.333. The number of nitrogens with one attached hydrogen (secondary N) is 1. The van der Waals surface area contributed by atoms with E-state index in [2.05, 4.69) is 10.2 Å². The first kappa shape index (κ1) is 13.0. The number of ether oxygens (including phenoxy) is 1. The second-order valence-electron chi connectivity index (χ2n) is 4.48. The number of rotatable bonds is 3. The molecule has 2 rings (SSSR count). The van der Waals surface area contributed by atoms with Gasteiger partial charge in [-0.3, -0.25) is 4.79 Å². The third kappa shape index (κ3) is 3.51. The summed E-state index contributed by atoms with van der Waals surface area (Å²) >= 11 is 0. The van der Waals surface area contributed by atoms with Gasteiger partial charge in [-0.25, -0.2) is 4.39 Å². The van der Waals surface area contributed by atoms with Crippen molar-refractivity contribution in [1.82, 2.24) is 10.2 Å². The molecule has 1 saturated heterocycles. The van der Waals surface area contributed by atoms with Crippen molar-refractivity contribution in [2.24, 2.45) is 0 Å². The average molecular weight is 252 g/mol. The van der Waals surface area contributed by atoms with Gasteiger partial charge in [0.15, 0.2) is 0 Å². The summed E-state index contributed by atoms with van der Waals surface area (Å²) in [6, 6.07) is 5.65. The molecule has 1 atom stereocenters. The molecule has 5 heteroatoms. The molecule has 0 aromatic heterocycles. The van der Waals surface area contributed by atoms with Crippen molar-refractivity contribution < 1.29 is 13.9 Å². The summed E-state index contributed by atoms with van der Waals surface area (Å²) in [5.74, 6) is -0.678. The van der Waals surface area contributed by atoms with Crippen LogP contribution in [0.15, 0.2) is 24.3 Å². The number of morpholine rings is 1. The Bertz CT molecular complexity index is 425. The standard InChI is InChI=1S/C13H17FN2O2/c1-16-5-6-18-12(9-16)8-15-13(17)10-3-2-4-11(14)7-10/h2-4,7,12H,5-6,8-9H2,1H3,(H,15,17). The quantitative estimate of drug-likeness (QED) is 0.868. The number of nitrogens with zero attached hydrogens (tertiary/aromatic N) is 1. The molecule has 1 N–H and O–H groups in total. The van der Waals surface area contributed by atoms with E-state index in [-0.39, 0.29) is 12.0 Å². The fourth-order valence-electron chi connectivity index (χ4n) is 1.93. The lowest BCUT2D eigenvalue weighted by Gasteiger charge is -2.30. The SMILES string of the molecule is CN1CCOC(CNC(=O)c2cccc(F)c2)C1. The van der Waals surface area contributed by atoms with Gasteiger partial charge in [0.25, 0.3) is 5.91 Å². The van der Waals surface area contributed by atoms with Gasteiger partial charge in [-0.15, -0.1) is 0 Å². The van der Waals surface area contributed by atoms with E-state index < -0.39 is 5.82 Å². The van der Waals surface area contributed by atoms with Gasteiger partial charge in [0.2, 0.25) is 0 Å². The lowest BCUT2D eigenvalue weighted by atomic mass is 10.2. The van der Waals surface area contributed by atoms with Crippen molar-refractivity contribution in [2.45, 2.75) is 6.10 Å². The second-order valence-corrected chi connectivity index (χ2v) is 4.48. The van der Waals surface area contributed by atoms with Crippen molar-refractivity contribution in [1.29, 1.82) is 0 Å². The highest BCUT2D eigenvalue weighted by molar-refractivity contribution is 5.94. The molecule has 1 aliphatic rings. The van der Waals surface area contributed by atoms with Crippen LogP contribution in [0.5, 0.6) is 0 Å². The van der Waals surface area contributed by atoms with Crippen LogP contribution in [0.1, 0.15) is 10.4 Å². The van der Waals surface area contributed by atoms with Crippen molar-refractivity contribution in [3.8, 4) is 0 Å². The van der Waals surface area contributed by atoms with E-state index in [4.69, 9.17) is 4.74 Å². The van der Waals surface area contributed by atoms with E-state index >= 15 is 0 Å². The average Bonchev–Trinajstić information content (AvgIpc) is 2.36. The monoisotopic (exact) mass is 252 g/mol. The fourth-order valence-corrected chi connectivity index (χ4v) is 1.93. The molecule has 0 radical (unpaired) electrons. The van der Waals surface area contributed by atoms with Crippen LogP contribution in [0.3, 0.4) is 0 Å². The maximum absolute atomic E-state index is 13.0. The van der Waals surface area contributed by atoms with E-state index in [1.54, 1.807) is 6.07 Å². The molecule has 0 bridgehead atoms. The van der Waals surface area contributed by atoms with E-state index in [1.807, 2.05) is 7.05 Å². The molecule has 1 aliphatic heterocycles. The fraction of sp³-hybridized carbons (Fsp3) is 0.462. The summed E-state index contributed by atoms with van der Waals surface area (Å²) < 4.78 is 18.5. The third-order valence-electron chi connectivity index (χ3n) is 2.92. The van der Waals surface area contributed by atoms with Gasteiger partial charge in [-0.05, 0) is 25.2 Å². The highest BCUT2D eigenvalue weighted by Gasteiger charge is 2.18. The molecule has 1 aromatic rings. The highest BCUT2D eigenvalue weighted by atomic mass is 19.1. The molecule has 1 heterocycles. The van der Waals surface area contributed by atoms with Gasteiger partial charge < -0.3 is 15.0 Å². The minimum Gasteiger partial charge on any atom is -0.374 e. The summed E-state index contributed by atoms with van der Waals surface area (Å²) in [6.45, 7) is 2.83. The van der Waals surface area contributed by atoms with E-state index in [0.717, 1.165) is 13.1 Å². The predicted octanol–water partition coefficient (Wildman–Crippen LogP) is 0.886. The minimum absolute atomic E-state index is 0.00117. The summed E-state index contributed by atoms with van der Waals surface area (Å²) in [6.07, 6.45) is 0.00117. The van der Waals surface area contributed by atoms with Crippen LogP contribution < -0.4 is 5.32 Å². The number of halogens is 1. The molecule has 1 aromatic carbocycles. The highest BCUT2D eigenvalue weighted by Crippen LogP contribution is 2.05. The maximum Gasteiger partial charge on any atom is 0.251 e. The first-order valence-electron chi connectivity index (χ1n) is 5.99. The number of hydrogen-bond donors (Lipinski definition) is 1. The molecule has 4 nitrogen and oxygen atoms in total. The predicted molar refractivity (Wildman–Crippen MR) is 66.0 cm³/mol. The van der Waals surface area contributed by atoms with E-state index in [0.29, 0.717) is 18.7 Å². The zero-order valence-corrected chi connectivity index (χ0v) is 10.4. The maximum atomic E-state index is 13.0. The van der Waals surface area contributed by atoms with Gasteiger partial charge in [0.05, 0.1) is 12.7 Å². The van der Waals surface area contributed by atoms with Gasteiger partial charge >= 0.3 is 0 Å².